The lowest BCUT2D eigenvalue weighted by Gasteiger charge is -2.23. The first kappa shape index (κ1) is 9.38. The number of rotatable bonds is 1. The molecule has 1 heteroatoms. The van der Waals surface area contributed by atoms with E-state index >= 15 is 0 Å². The van der Waals surface area contributed by atoms with Crippen molar-refractivity contribution in [1.29, 1.82) is 0 Å². The van der Waals surface area contributed by atoms with Crippen LogP contribution in [0, 0.1) is 17.2 Å². The van der Waals surface area contributed by atoms with Crippen molar-refractivity contribution in [2.45, 2.75) is 39.0 Å². The van der Waals surface area contributed by atoms with Crippen LogP contribution in [0.1, 0.15) is 43.7 Å². The van der Waals surface area contributed by atoms with Gasteiger partial charge in [0.05, 0.1) is 0 Å². The van der Waals surface area contributed by atoms with Crippen molar-refractivity contribution in [3.05, 3.63) is 35.1 Å². The largest absolute Gasteiger partial charge is 0.207 e. The fourth-order valence-corrected chi connectivity index (χ4v) is 3.57. The summed E-state index contributed by atoms with van der Waals surface area (Å²) in [7, 11) is 0. The van der Waals surface area contributed by atoms with E-state index in [1.807, 2.05) is 6.07 Å². The first-order valence-corrected chi connectivity index (χ1v) is 5.91. The van der Waals surface area contributed by atoms with Crippen LogP contribution in [0.3, 0.4) is 0 Å². The summed E-state index contributed by atoms with van der Waals surface area (Å²) < 4.78 is 13.9. The summed E-state index contributed by atoms with van der Waals surface area (Å²) in [5.74, 6) is 1.05. The molecule has 3 rings (SSSR count). The Hall–Kier alpha value is -0.850. The van der Waals surface area contributed by atoms with Gasteiger partial charge in [0.25, 0.3) is 0 Å². The summed E-state index contributed by atoms with van der Waals surface area (Å²) in [6, 6.07) is 5.59. The smallest absolute Gasteiger partial charge is 0.126 e. The van der Waals surface area contributed by atoms with E-state index in [2.05, 4.69) is 19.9 Å². The van der Waals surface area contributed by atoms with E-state index in [0.717, 1.165) is 12.0 Å². The normalized spacial score (nSPS) is 26.0. The predicted octanol–water partition coefficient (Wildman–Crippen LogP) is 3.90. The van der Waals surface area contributed by atoms with Gasteiger partial charge in [0.1, 0.15) is 5.82 Å². The lowest BCUT2D eigenvalue weighted by Crippen LogP contribution is -2.15. The highest BCUT2D eigenvalue weighted by Crippen LogP contribution is 2.65. The van der Waals surface area contributed by atoms with Gasteiger partial charge in [0, 0.05) is 0 Å². The molecule has 2 aliphatic carbocycles. The summed E-state index contributed by atoms with van der Waals surface area (Å²) in [6.45, 7) is 4.46. The summed E-state index contributed by atoms with van der Waals surface area (Å²) in [6.07, 6.45) is 3.71. The third-order valence-corrected chi connectivity index (χ3v) is 4.22. The number of halogens is 1. The maximum atomic E-state index is 13.9. The second kappa shape index (κ2) is 2.84. The zero-order valence-corrected chi connectivity index (χ0v) is 9.39. The SMILES string of the molecule is CC(C)C1c2c(F)cccc2CC12CC2. The van der Waals surface area contributed by atoms with Gasteiger partial charge in [-0.2, -0.15) is 0 Å². The maximum absolute atomic E-state index is 13.9. The Morgan fingerprint density at radius 1 is 1.33 bits per heavy atom. The molecule has 2 aliphatic rings. The average molecular weight is 204 g/mol. The zero-order chi connectivity index (χ0) is 10.6. The molecule has 0 aliphatic heterocycles. The summed E-state index contributed by atoms with van der Waals surface area (Å²) in [4.78, 5) is 0. The van der Waals surface area contributed by atoms with Crippen molar-refractivity contribution in [2.75, 3.05) is 0 Å². The first-order chi connectivity index (χ1) is 7.14. The van der Waals surface area contributed by atoms with Crippen LogP contribution in [-0.2, 0) is 6.42 Å². The third-order valence-electron chi connectivity index (χ3n) is 4.22. The van der Waals surface area contributed by atoms with E-state index in [-0.39, 0.29) is 5.82 Å². The quantitative estimate of drug-likeness (QED) is 0.650. The van der Waals surface area contributed by atoms with E-state index < -0.39 is 0 Å². The molecule has 0 N–H and O–H groups in total. The molecule has 1 fully saturated rings. The van der Waals surface area contributed by atoms with Gasteiger partial charge in [0.2, 0.25) is 0 Å². The monoisotopic (exact) mass is 204 g/mol. The molecule has 1 aromatic carbocycles. The van der Waals surface area contributed by atoms with Crippen LogP contribution < -0.4 is 0 Å². The van der Waals surface area contributed by atoms with E-state index in [0.29, 0.717) is 17.3 Å². The van der Waals surface area contributed by atoms with Crippen molar-refractivity contribution in [1.82, 2.24) is 0 Å². The van der Waals surface area contributed by atoms with Crippen LogP contribution in [-0.4, -0.2) is 0 Å². The van der Waals surface area contributed by atoms with Crippen LogP contribution in [0.15, 0.2) is 18.2 Å². The minimum Gasteiger partial charge on any atom is -0.207 e. The molecule has 15 heavy (non-hydrogen) atoms. The zero-order valence-electron chi connectivity index (χ0n) is 9.39. The Bertz CT molecular complexity index is 402. The minimum absolute atomic E-state index is 0.0231. The number of benzene rings is 1. The second-order valence-corrected chi connectivity index (χ2v) is 5.57. The van der Waals surface area contributed by atoms with Crippen LogP contribution in [0.25, 0.3) is 0 Å². The molecule has 0 radical (unpaired) electrons. The van der Waals surface area contributed by atoms with Crippen molar-refractivity contribution in [3.8, 4) is 0 Å². The van der Waals surface area contributed by atoms with E-state index in [1.54, 1.807) is 6.07 Å². The highest BCUT2D eigenvalue weighted by Gasteiger charge is 2.55. The lowest BCUT2D eigenvalue weighted by atomic mass is 9.81. The van der Waals surface area contributed by atoms with Crippen LogP contribution in [0.4, 0.5) is 4.39 Å². The molecule has 1 unspecified atom stereocenters. The van der Waals surface area contributed by atoms with Gasteiger partial charge in [-0.15, -0.1) is 0 Å². The average Bonchev–Trinajstić information content (AvgIpc) is 2.79. The van der Waals surface area contributed by atoms with Crippen LogP contribution in [0.2, 0.25) is 0 Å². The topological polar surface area (TPSA) is 0 Å². The van der Waals surface area contributed by atoms with Gasteiger partial charge in [-0.25, -0.2) is 4.39 Å². The van der Waals surface area contributed by atoms with Gasteiger partial charge < -0.3 is 0 Å². The van der Waals surface area contributed by atoms with Gasteiger partial charge in [-0.05, 0) is 53.7 Å². The van der Waals surface area contributed by atoms with Crippen molar-refractivity contribution >= 4 is 0 Å². The molecule has 1 spiro atoms. The molecule has 1 atom stereocenters. The molecule has 80 valence electrons. The molecular formula is C14H17F. The summed E-state index contributed by atoms with van der Waals surface area (Å²) in [5.41, 5.74) is 2.75. The second-order valence-electron chi connectivity index (χ2n) is 5.57. The standard InChI is InChI=1S/C14H17F/c1-9(2)13-12-10(4-3-5-11(12)15)8-14(13)6-7-14/h3-5,9,13H,6-8H2,1-2H3. The molecule has 1 aromatic rings. The van der Waals surface area contributed by atoms with E-state index in [9.17, 15) is 4.39 Å². The highest BCUT2D eigenvalue weighted by atomic mass is 19.1. The summed E-state index contributed by atoms with van der Waals surface area (Å²) >= 11 is 0. The van der Waals surface area contributed by atoms with Gasteiger partial charge in [-0.3, -0.25) is 0 Å². The first-order valence-electron chi connectivity index (χ1n) is 5.91. The fourth-order valence-electron chi connectivity index (χ4n) is 3.57. The molecule has 0 bridgehead atoms. The maximum Gasteiger partial charge on any atom is 0.126 e. The molecule has 0 heterocycles. The summed E-state index contributed by atoms with van der Waals surface area (Å²) in [5, 5.41) is 0. The molecule has 0 nitrogen and oxygen atoms in total. The van der Waals surface area contributed by atoms with Gasteiger partial charge in [0.15, 0.2) is 0 Å². The number of hydrogen-bond acceptors (Lipinski definition) is 0. The van der Waals surface area contributed by atoms with Crippen molar-refractivity contribution in [3.63, 3.8) is 0 Å². The Morgan fingerprint density at radius 2 is 2.07 bits per heavy atom. The Labute approximate surface area is 90.5 Å². The van der Waals surface area contributed by atoms with Crippen LogP contribution >= 0.6 is 0 Å². The number of hydrogen-bond donors (Lipinski definition) is 0. The molecular weight excluding hydrogens is 187 g/mol. The lowest BCUT2D eigenvalue weighted by molar-refractivity contribution is 0.340. The van der Waals surface area contributed by atoms with Crippen LogP contribution in [0.5, 0.6) is 0 Å². The van der Waals surface area contributed by atoms with Crippen molar-refractivity contribution in [2.24, 2.45) is 11.3 Å². The molecule has 0 saturated heterocycles. The van der Waals surface area contributed by atoms with Crippen molar-refractivity contribution < 1.29 is 4.39 Å². The highest BCUT2D eigenvalue weighted by molar-refractivity contribution is 5.42. The third kappa shape index (κ3) is 1.18. The molecule has 1 saturated carbocycles. The number of fused-ring (bicyclic) bond motifs is 1. The van der Waals surface area contributed by atoms with Gasteiger partial charge in [-0.1, -0.05) is 26.0 Å². The molecule has 0 amide bonds. The van der Waals surface area contributed by atoms with E-state index in [1.165, 1.54) is 18.4 Å². The van der Waals surface area contributed by atoms with Gasteiger partial charge >= 0.3 is 0 Å². The Balaban J connectivity index is 2.14. The Kier molecular flexibility index (Phi) is 1.78. The predicted molar refractivity (Wildman–Crippen MR) is 59.4 cm³/mol. The fraction of sp³-hybridized carbons (Fsp3) is 0.571. The molecule has 0 aromatic heterocycles. The Morgan fingerprint density at radius 3 is 2.67 bits per heavy atom. The minimum atomic E-state index is 0.0231. The van der Waals surface area contributed by atoms with E-state index in [4.69, 9.17) is 0 Å².